The Morgan fingerprint density at radius 2 is 2.10 bits per heavy atom. The van der Waals surface area contributed by atoms with Gasteiger partial charge in [-0.1, -0.05) is 12.1 Å². The molecule has 0 saturated carbocycles. The van der Waals surface area contributed by atoms with Gasteiger partial charge in [-0.25, -0.2) is 13.6 Å². The van der Waals surface area contributed by atoms with Crippen molar-refractivity contribution in [3.8, 4) is 0 Å². The molecule has 0 radical (unpaired) electrons. The number of piperidine rings is 1. The molecule has 1 unspecified atom stereocenters. The Kier molecular flexibility index (Phi) is 4.24. The van der Waals surface area contributed by atoms with Crippen LogP contribution >= 0.6 is 0 Å². The van der Waals surface area contributed by atoms with Crippen LogP contribution in [-0.2, 0) is 10.0 Å². The van der Waals surface area contributed by atoms with Crippen LogP contribution in [0.25, 0.3) is 0 Å². The number of nitro groups is 1. The van der Waals surface area contributed by atoms with Crippen molar-refractivity contribution in [3.05, 3.63) is 34.4 Å². The van der Waals surface area contributed by atoms with E-state index in [-0.39, 0.29) is 17.4 Å². The van der Waals surface area contributed by atoms with E-state index >= 15 is 0 Å². The van der Waals surface area contributed by atoms with E-state index in [2.05, 4.69) is 0 Å². The summed E-state index contributed by atoms with van der Waals surface area (Å²) >= 11 is 0. The molecule has 1 aliphatic heterocycles. The van der Waals surface area contributed by atoms with Gasteiger partial charge in [-0.05, 0) is 24.8 Å². The summed E-state index contributed by atoms with van der Waals surface area (Å²) in [5.41, 5.74) is 0.584. The maximum Gasteiger partial charge on any atom is 0.292 e. The van der Waals surface area contributed by atoms with Crippen LogP contribution in [0.15, 0.2) is 24.3 Å². The molecule has 0 aromatic heterocycles. The molecule has 110 valence electrons. The second kappa shape index (κ2) is 5.76. The van der Waals surface area contributed by atoms with Gasteiger partial charge in [-0.2, -0.15) is 0 Å². The summed E-state index contributed by atoms with van der Waals surface area (Å²) in [7, 11) is -3.52. The van der Waals surface area contributed by atoms with Crippen molar-refractivity contribution in [3.63, 3.8) is 0 Å². The van der Waals surface area contributed by atoms with Gasteiger partial charge in [0, 0.05) is 19.2 Å². The number of hydrogen-bond donors (Lipinski definition) is 1. The highest BCUT2D eigenvalue weighted by molar-refractivity contribution is 7.89. The highest BCUT2D eigenvalue weighted by Crippen LogP contribution is 2.31. The normalized spacial score (nSPS) is 19.9. The molecule has 1 aromatic rings. The van der Waals surface area contributed by atoms with E-state index in [1.807, 2.05) is 4.90 Å². The quantitative estimate of drug-likeness (QED) is 0.661. The monoisotopic (exact) mass is 299 g/mol. The summed E-state index contributed by atoms with van der Waals surface area (Å²) in [6, 6.07) is 6.51. The number of nitrogens with two attached hydrogens (primary N) is 1. The van der Waals surface area contributed by atoms with Gasteiger partial charge in [0.05, 0.1) is 10.7 Å². The number of nitrogens with zero attached hydrogens (tertiary/aromatic N) is 2. The lowest BCUT2D eigenvalue weighted by Crippen LogP contribution is -2.39. The maximum atomic E-state index is 11.2. The molecule has 1 atom stereocenters. The first kappa shape index (κ1) is 14.7. The minimum atomic E-state index is -3.52. The Morgan fingerprint density at radius 3 is 2.75 bits per heavy atom. The molecule has 20 heavy (non-hydrogen) atoms. The van der Waals surface area contributed by atoms with E-state index in [0.29, 0.717) is 18.8 Å². The van der Waals surface area contributed by atoms with Crippen molar-refractivity contribution in [2.24, 2.45) is 11.1 Å². The number of nitro benzene ring substituents is 1. The predicted molar refractivity (Wildman–Crippen MR) is 76.0 cm³/mol. The van der Waals surface area contributed by atoms with Gasteiger partial charge in [-0.3, -0.25) is 10.1 Å². The Balaban J connectivity index is 2.19. The van der Waals surface area contributed by atoms with Crippen LogP contribution in [0, 0.1) is 16.0 Å². The molecule has 0 amide bonds. The first-order chi connectivity index (χ1) is 9.37. The average molecular weight is 299 g/mol. The minimum absolute atomic E-state index is 0.0451. The number of hydrogen-bond acceptors (Lipinski definition) is 5. The zero-order chi connectivity index (χ0) is 14.8. The lowest BCUT2D eigenvalue weighted by Gasteiger charge is -2.33. The molecule has 2 rings (SSSR count). The van der Waals surface area contributed by atoms with Crippen LogP contribution in [0.5, 0.6) is 0 Å². The number of benzene rings is 1. The molecular weight excluding hydrogens is 282 g/mol. The lowest BCUT2D eigenvalue weighted by atomic mass is 9.99. The number of para-hydroxylation sites is 2. The van der Waals surface area contributed by atoms with E-state index in [4.69, 9.17) is 5.14 Å². The molecule has 1 saturated heterocycles. The van der Waals surface area contributed by atoms with Crippen molar-refractivity contribution in [2.75, 3.05) is 23.7 Å². The highest BCUT2D eigenvalue weighted by Gasteiger charge is 2.27. The average Bonchev–Trinajstić information content (AvgIpc) is 2.37. The van der Waals surface area contributed by atoms with Gasteiger partial charge in [0.1, 0.15) is 5.69 Å². The molecule has 1 heterocycles. The van der Waals surface area contributed by atoms with E-state index in [0.717, 1.165) is 12.8 Å². The molecular formula is C12H17N3O4S. The highest BCUT2D eigenvalue weighted by atomic mass is 32.2. The second-order valence-electron chi connectivity index (χ2n) is 5.03. The van der Waals surface area contributed by atoms with Gasteiger partial charge in [0.25, 0.3) is 5.69 Å². The minimum Gasteiger partial charge on any atom is -0.366 e. The van der Waals surface area contributed by atoms with Crippen molar-refractivity contribution >= 4 is 21.4 Å². The van der Waals surface area contributed by atoms with Crippen molar-refractivity contribution in [1.29, 1.82) is 0 Å². The van der Waals surface area contributed by atoms with Crippen LogP contribution < -0.4 is 10.0 Å². The van der Waals surface area contributed by atoms with Gasteiger partial charge < -0.3 is 4.90 Å². The van der Waals surface area contributed by atoms with Gasteiger partial charge >= 0.3 is 0 Å². The zero-order valence-electron chi connectivity index (χ0n) is 10.9. The molecule has 2 N–H and O–H groups in total. The zero-order valence-corrected chi connectivity index (χ0v) is 11.8. The number of sulfonamides is 1. The third-order valence-electron chi connectivity index (χ3n) is 3.41. The predicted octanol–water partition coefficient (Wildman–Crippen LogP) is 1.10. The van der Waals surface area contributed by atoms with Crippen molar-refractivity contribution < 1.29 is 13.3 Å². The van der Waals surface area contributed by atoms with Gasteiger partial charge in [-0.15, -0.1) is 0 Å². The summed E-state index contributed by atoms with van der Waals surface area (Å²) in [4.78, 5) is 12.5. The Labute approximate surface area is 117 Å². The fourth-order valence-corrected chi connectivity index (χ4v) is 3.56. The number of anilines is 1. The summed E-state index contributed by atoms with van der Waals surface area (Å²) in [5, 5.41) is 16.1. The van der Waals surface area contributed by atoms with Crippen LogP contribution in [0.3, 0.4) is 0 Å². The molecule has 7 nitrogen and oxygen atoms in total. The largest absolute Gasteiger partial charge is 0.366 e. The fraction of sp³-hybridized carbons (Fsp3) is 0.500. The number of primary sulfonamides is 1. The van der Waals surface area contributed by atoms with Crippen LogP contribution in [0.4, 0.5) is 11.4 Å². The van der Waals surface area contributed by atoms with E-state index in [9.17, 15) is 18.5 Å². The lowest BCUT2D eigenvalue weighted by molar-refractivity contribution is -0.384. The molecule has 1 fully saturated rings. The van der Waals surface area contributed by atoms with Gasteiger partial charge in [0.15, 0.2) is 0 Å². The molecule has 0 bridgehead atoms. The maximum absolute atomic E-state index is 11.2. The summed E-state index contributed by atoms with van der Waals surface area (Å²) < 4.78 is 22.3. The second-order valence-corrected chi connectivity index (χ2v) is 6.69. The summed E-state index contributed by atoms with van der Waals surface area (Å²) in [5.74, 6) is -0.164. The van der Waals surface area contributed by atoms with Crippen LogP contribution in [-0.4, -0.2) is 32.2 Å². The number of rotatable bonds is 4. The third kappa shape index (κ3) is 3.67. The van der Waals surface area contributed by atoms with E-state index < -0.39 is 14.9 Å². The van der Waals surface area contributed by atoms with Crippen molar-refractivity contribution in [2.45, 2.75) is 12.8 Å². The molecule has 1 aliphatic rings. The first-order valence-electron chi connectivity index (χ1n) is 6.35. The molecule has 0 aliphatic carbocycles. The van der Waals surface area contributed by atoms with Crippen molar-refractivity contribution in [1.82, 2.24) is 0 Å². The Hall–Kier alpha value is -1.67. The standard InChI is InChI=1S/C12H17N3O4S/c13-20(18,19)9-10-4-3-7-14(8-10)11-5-1-2-6-12(11)15(16)17/h1-2,5-6,10H,3-4,7-9H2,(H2,13,18,19). The molecule has 8 heteroatoms. The Morgan fingerprint density at radius 1 is 1.40 bits per heavy atom. The van der Waals surface area contributed by atoms with E-state index in [1.165, 1.54) is 6.07 Å². The fourth-order valence-electron chi connectivity index (χ4n) is 2.63. The van der Waals surface area contributed by atoms with Crippen LogP contribution in [0.2, 0.25) is 0 Å². The SMILES string of the molecule is NS(=O)(=O)CC1CCCN(c2ccccc2[N+](=O)[O-])C1. The molecule has 1 aromatic carbocycles. The third-order valence-corrected chi connectivity index (χ3v) is 4.34. The van der Waals surface area contributed by atoms with Crippen LogP contribution in [0.1, 0.15) is 12.8 Å². The summed E-state index contributed by atoms with van der Waals surface area (Å²) in [6.45, 7) is 1.16. The molecule has 0 spiro atoms. The smallest absolute Gasteiger partial charge is 0.292 e. The van der Waals surface area contributed by atoms with Gasteiger partial charge in [0.2, 0.25) is 10.0 Å². The Bertz CT molecular complexity index is 602. The summed E-state index contributed by atoms with van der Waals surface area (Å²) in [6.07, 6.45) is 1.57. The van der Waals surface area contributed by atoms with E-state index in [1.54, 1.807) is 18.2 Å². The first-order valence-corrected chi connectivity index (χ1v) is 8.07. The topological polar surface area (TPSA) is 107 Å².